The standard InChI is InChI=1S/C21H29N3O4/c1-2-28-21(27)16-8-12-23(13-9-16)15-19(25)22-18-7-5-6-17(14-18)20(26)24-10-3-4-11-24/h5-7,14,16H,2-4,8-13,15H2,1H3,(H,22,25). The summed E-state index contributed by atoms with van der Waals surface area (Å²) >= 11 is 0. The monoisotopic (exact) mass is 387 g/mol. The summed E-state index contributed by atoms with van der Waals surface area (Å²) in [6, 6.07) is 7.12. The first kappa shape index (κ1) is 20.3. The zero-order valence-electron chi connectivity index (χ0n) is 16.5. The van der Waals surface area contributed by atoms with Gasteiger partial charge in [-0.05, 0) is 63.9 Å². The molecule has 0 unspecified atom stereocenters. The van der Waals surface area contributed by atoms with Crippen LogP contribution in [-0.4, -0.2) is 66.9 Å². The van der Waals surface area contributed by atoms with E-state index >= 15 is 0 Å². The summed E-state index contributed by atoms with van der Waals surface area (Å²) in [5, 5.41) is 2.89. The van der Waals surface area contributed by atoms with Gasteiger partial charge in [-0.1, -0.05) is 6.07 Å². The Balaban J connectivity index is 1.48. The number of rotatable bonds is 6. The van der Waals surface area contributed by atoms with Crippen LogP contribution in [0.25, 0.3) is 0 Å². The van der Waals surface area contributed by atoms with E-state index in [1.54, 1.807) is 24.3 Å². The van der Waals surface area contributed by atoms with Crippen molar-refractivity contribution in [1.29, 1.82) is 0 Å². The molecule has 7 nitrogen and oxygen atoms in total. The molecule has 2 saturated heterocycles. The second-order valence-corrected chi connectivity index (χ2v) is 7.43. The van der Waals surface area contributed by atoms with Gasteiger partial charge in [-0.3, -0.25) is 19.3 Å². The zero-order chi connectivity index (χ0) is 19.9. The van der Waals surface area contributed by atoms with Crippen molar-refractivity contribution >= 4 is 23.5 Å². The van der Waals surface area contributed by atoms with Gasteiger partial charge >= 0.3 is 5.97 Å². The topological polar surface area (TPSA) is 79.0 Å². The number of hydrogen-bond donors (Lipinski definition) is 1. The summed E-state index contributed by atoms with van der Waals surface area (Å²) in [6.07, 6.45) is 3.53. The Morgan fingerprint density at radius 1 is 1.11 bits per heavy atom. The first-order valence-electron chi connectivity index (χ1n) is 10.1. The molecule has 2 fully saturated rings. The van der Waals surface area contributed by atoms with Crippen LogP contribution in [0.15, 0.2) is 24.3 Å². The van der Waals surface area contributed by atoms with Gasteiger partial charge in [0.05, 0.1) is 19.1 Å². The molecule has 1 aromatic rings. The highest BCUT2D eigenvalue weighted by Crippen LogP contribution is 2.19. The fourth-order valence-corrected chi connectivity index (χ4v) is 3.82. The van der Waals surface area contributed by atoms with Crippen LogP contribution in [0.4, 0.5) is 5.69 Å². The number of carbonyl (C=O) groups excluding carboxylic acids is 3. The minimum absolute atomic E-state index is 0.0228. The molecule has 2 aliphatic heterocycles. The number of esters is 1. The van der Waals surface area contributed by atoms with Gasteiger partial charge in [0.1, 0.15) is 0 Å². The number of ether oxygens (including phenoxy) is 1. The molecule has 1 aromatic carbocycles. The molecule has 0 aromatic heterocycles. The number of nitrogens with zero attached hydrogens (tertiary/aromatic N) is 2. The molecule has 1 N–H and O–H groups in total. The van der Waals surface area contributed by atoms with Crippen molar-refractivity contribution in [3.05, 3.63) is 29.8 Å². The Morgan fingerprint density at radius 2 is 1.82 bits per heavy atom. The lowest BCUT2D eigenvalue weighted by Gasteiger charge is -2.30. The highest BCUT2D eigenvalue weighted by molar-refractivity contribution is 5.97. The fraction of sp³-hybridized carbons (Fsp3) is 0.571. The molecule has 0 atom stereocenters. The molecule has 0 radical (unpaired) electrons. The van der Waals surface area contributed by atoms with E-state index in [1.165, 1.54) is 0 Å². The first-order valence-corrected chi connectivity index (χ1v) is 10.1. The maximum atomic E-state index is 12.5. The Bertz CT molecular complexity index is 707. The molecule has 28 heavy (non-hydrogen) atoms. The molecular weight excluding hydrogens is 358 g/mol. The van der Waals surface area contributed by atoms with Gasteiger partial charge in [0.25, 0.3) is 5.91 Å². The molecule has 0 bridgehead atoms. The van der Waals surface area contributed by atoms with Gasteiger partial charge in [0.2, 0.25) is 5.91 Å². The molecule has 2 amide bonds. The predicted octanol–water partition coefficient (Wildman–Crippen LogP) is 2.14. The lowest BCUT2D eigenvalue weighted by atomic mass is 9.97. The summed E-state index contributed by atoms with van der Waals surface area (Å²) in [6.45, 7) is 5.49. The second-order valence-electron chi connectivity index (χ2n) is 7.43. The van der Waals surface area contributed by atoms with Crippen LogP contribution in [0.1, 0.15) is 43.0 Å². The fourth-order valence-electron chi connectivity index (χ4n) is 3.82. The Labute approximate surface area is 166 Å². The number of benzene rings is 1. The van der Waals surface area contributed by atoms with E-state index in [0.717, 1.165) is 25.9 Å². The van der Waals surface area contributed by atoms with Crippen molar-refractivity contribution in [1.82, 2.24) is 9.80 Å². The number of likely N-dealkylation sites (tertiary alicyclic amines) is 2. The van der Waals surface area contributed by atoms with Crippen molar-refractivity contribution < 1.29 is 19.1 Å². The Morgan fingerprint density at radius 3 is 2.50 bits per heavy atom. The van der Waals surface area contributed by atoms with Crippen molar-refractivity contribution in [2.45, 2.75) is 32.6 Å². The van der Waals surface area contributed by atoms with Gasteiger partial charge in [0.15, 0.2) is 0 Å². The van der Waals surface area contributed by atoms with E-state index < -0.39 is 0 Å². The maximum Gasteiger partial charge on any atom is 0.309 e. The van der Waals surface area contributed by atoms with Crippen molar-refractivity contribution in [3.8, 4) is 0 Å². The van der Waals surface area contributed by atoms with Crippen LogP contribution in [0.5, 0.6) is 0 Å². The van der Waals surface area contributed by atoms with Crippen LogP contribution in [-0.2, 0) is 14.3 Å². The summed E-state index contributed by atoms with van der Waals surface area (Å²) in [5.41, 5.74) is 1.24. The molecule has 2 heterocycles. The molecule has 2 aliphatic rings. The minimum Gasteiger partial charge on any atom is -0.466 e. The third-order valence-corrected chi connectivity index (χ3v) is 5.36. The van der Waals surface area contributed by atoms with Crippen molar-refractivity contribution in [3.63, 3.8) is 0 Å². The largest absolute Gasteiger partial charge is 0.466 e. The summed E-state index contributed by atoms with van der Waals surface area (Å²) in [5.74, 6) is -0.284. The molecule has 0 saturated carbocycles. The Hall–Kier alpha value is -2.41. The number of nitrogens with one attached hydrogen (secondary N) is 1. The van der Waals surface area contributed by atoms with E-state index in [4.69, 9.17) is 4.74 Å². The number of carbonyl (C=O) groups is 3. The highest BCUT2D eigenvalue weighted by atomic mass is 16.5. The van der Waals surface area contributed by atoms with E-state index in [1.807, 2.05) is 16.7 Å². The van der Waals surface area contributed by atoms with Crippen molar-refractivity contribution in [2.24, 2.45) is 5.92 Å². The van der Waals surface area contributed by atoms with Crippen molar-refractivity contribution in [2.75, 3.05) is 44.6 Å². The lowest BCUT2D eigenvalue weighted by Crippen LogP contribution is -2.41. The number of amides is 2. The quantitative estimate of drug-likeness (QED) is 0.757. The van der Waals surface area contributed by atoms with E-state index in [2.05, 4.69) is 5.32 Å². The number of anilines is 1. The predicted molar refractivity (Wildman–Crippen MR) is 106 cm³/mol. The van der Waals surface area contributed by atoms with Crippen LogP contribution in [0, 0.1) is 5.92 Å². The molecule has 0 aliphatic carbocycles. The van der Waals surface area contributed by atoms with Crippen LogP contribution < -0.4 is 5.32 Å². The highest BCUT2D eigenvalue weighted by Gasteiger charge is 2.27. The van der Waals surface area contributed by atoms with Gasteiger partial charge in [-0.15, -0.1) is 0 Å². The second kappa shape index (κ2) is 9.68. The molecule has 3 rings (SSSR count). The normalized spacial score (nSPS) is 18.1. The average molecular weight is 387 g/mol. The van der Waals surface area contributed by atoms with E-state index in [0.29, 0.717) is 43.8 Å². The molecule has 0 spiro atoms. The summed E-state index contributed by atoms with van der Waals surface area (Å²) < 4.78 is 5.08. The average Bonchev–Trinajstić information content (AvgIpc) is 3.23. The smallest absolute Gasteiger partial charge is 0.309 e. The minimum atomic E-state index is -0.133. The SMILES string of the molecule is CCOC(=O)C1CCN(CC(=O)Nc2cccc(C(=O)N3CCCC3)c2)CC1. The third kappa shape index (κ3) is 5.32. The van der Waals surface area contributed by atoms with E-state index in [-0.39, 0.29) is 30.2 Å². The van der Waals surface area contributed by atoms with Gasteiger partial charge in [-0.25, -0.2) is 0 Å². The molecular formula is C21H29N3O4. The third-order valence-electron chi connectivity index (χ3n) is 5.36. The molecule has 152 valence electrons. The van der Waals surface area contributed by atoms with Crippen LogP contribution >= 0.6 is 0 Å². The van der Waals surface area contributed by atoms with Crippen LogP contribution in [0.2, 0.25) is 0 Å². The van der Waals surface area contributed by atoms with Gasteiger partial charge < -0.3 is 15.0 Å². The number of piperidine rings is 1. The lowest BCUT2D eigenvalue weighted by molar-refractivity contribution is -0.149. The summed E-state index contributed by atoms with van der Waals surface area (Å²) in [4.78, 5) is 40.6. The van der Waals surface area contributed by atoms with Crippen LogP contribution in [0.3, 0.4) is 0 Å². The molecule has 7 heteroatoms. The first-order chi connectivity index (χ1) is 13.6. The maximum absolute atomic E-state index is 12.5. The zero-order valence-corrected chi connectivity index (χ0v) is 16.5. The van der Waals surface area contributed by atoms with E-state index in [9.17, 15) is 14.4 Å². The number of hydrogen-bond acceptors (Lipinski definition) is 5. The van der Waals surface area contributed by atoms with Gasteiger partial charge in [-0.2, -0.15) is 0 Å². The van der Waals surface area contributed by atoms with Gasteiger partial charge in [0, 0.05) is 24.3 Å². The summed E-state index contributed by atoms with van der Waals surface area (Å²) in [7, 11) is 0. The Kier molecular flexibility index (Phi) is 7.03.